The molecule has 0 spiro atoms. The second kappa shape index (κ2) is 6.59. The van der Waals surface area contributed by atoms with Gasteiger partial charge in [0.1, 0.15) is 5.75 Å². The van der Waals surface area contributed by atoms with E-state index in [0.717, 1.165) is 18.8 Å². The second-order valence-corrected chi connectivity index (χ2v) is 6.75. The molecular weight excluding hydrogens is 248 g/mol. The summed E-state index contributed by atoms with van der Waals surface area (Å²) in [7, 11) is 1.71. The zero-order valence-electron chi connectivity index (χ0n) is 13.3. The fraction of sp³-hybridized carbons (Fsp3) is 0.647. The van der Waals surface area contributed by atoms with Crippen molar-refractivity contribution in [2.45, 2.75) is 51.7 Å². The van der Waals surface area contributed by atoms with Gasteiger partial charge in [0.05, 0.1) is 7.11 Å². The number of nitrogens with one attached hydrogen (secondary N) is 1. The van der Waals surface area contributed by atoms with Crippen molar-refractivity contribution in [1.29, 1.82) is 0 Å². The maximum Gasteiger partial charge on any atom is 0.118 e. The highest BCUT2D eigenvalue weighted by atomic mass is 16.5. The predicted octanol–water partition coefficient (Wildman–Crippen LogP) is 3.05. The zero-order valence-corrected chi connectivity index (χ0v) is 13.3. The number of hydrogen-bond donors (Lipinski definition) is 1. The van der Waals surface area contributed by atoms with Crippen molar-refractivity contribution >= 4 is 0 Å². The summed E-state index contributed by atoms with van der Waals surface area (Å²) >= 11 is 0. The Bertz CT molecular complexity index is 408. The maximum absolute atomic E-state index is 5.21. The summed E-state index contributed by atoms with van der Waals surface area (Å²) in [4.78, 5) is 2.60. The van der Waals surface area contributed by atoms with E-state index in [2.05, 4.69) is 43.1 Å². The van der Waals surface area contributed by atoms with Gasteiger partial charge in [0.2, 0.25) is 0 Å². The first-order valence-electron chi connectivity index (χ1n) is 7.60. The van der Waals surface area contributed by atoms with Crippen LogP contribution in [0.15, 0.2) is 24.3 Å². The van der Waals surface area contributed by atoms with Crippen LogP contribution in [0, 0.1) is 0 Å². The minimum absolute atomic E-state index is 0.203. The molecular formula is C17H28N2O. The van der Waals surface area contributed by atoms with Crippen LogP contribution in [0.5, 0.6) is 5.75 Å². The van der Waals surface area contributed by atoms with Gasteiger partial charge in [-0.25, -0.2) is 0 Å². The summed E-state index contributed by atoms with van der Waals surface area (Å²) in [5.74, 6) is 0.932. The number of hydrogen-bond acceptors (Lipinski definition) is 3. The first-order valence-corrected chi connectivity index (χ1v) is 7.60. The molecule has 0 aromatic heterocycles. The van der Waals surface area contributed by atoms with E-state index in [-0.39, 0.29) is 5.54 Å². The third kappa shape index (κ3) is 4.50. The van der Waals surface area contributed by atoms with Crippen LogP contribution < -0.4 is 10.1 Å². The second-order valence-electron chi connectivity index (χ2n) is 6.75. The first kappa shape index (κ1) is 15.3. The Hall–Kier alpha value is -1.06. The van der Waals surface area contributed by atoms with E-state index in [9.17, 15) is 0 Å². The summed E-state index contributed by atoms with van der Waals surface area (Å²) in [6.07, 6.45) is 2.62. The Morgan fingerprint density at radius 2 is 1.95 bits per heavy atom. The highest BCUT2D eigenvalue weighted by molar-refractivity contribution is 5.27. The topological polar surface area (TPSA) is 24.5 Å². The number of benzene rings is 1. The van der Waals surface area contributed by atoms with Gasteiger partial charge in [0.25, 0.3) is 0 Å². The molecule has 1 fully saturated rings. The van der Waals surface area contributed by atoms with Crippen molar-refractivity contribution in [3.8, 4) is 5.75 Å². The fourth-order valence-corrected chi connectivity index (χ4v) is 2.72. The van der Waals surface area contributed by atoms with Crippen LogP contribution in [0.3, 0.4) is 0 Å². The SMILES string of the molecule is COc1ccc(CN2CCCC2CNC(C)(C)C)cc1. The molecule has 1 heterocycles. The van der Waals surface area contributed by atoms with E-state index in [1.807, 2.05) is 12.1 Å². The maximum atomic E-state index is 5.21. The van der Waals surface area contributed by atoms with Crippen LogP contribution in [-0.4, -0.2) is 36.7 Å². The molecule has 0 saturated carbocycles. The summed E-state index contributed by atoms with van der Waals surface area (Å²) < 4.78 is 5.21. The third-order valence-corrected chi connectivity index (χ3v) is 3.91. The molecule has 1 aliphatic heterocycles. The summed E-state index contributed by atoms with van der Waals surface area (Å²) in [5.41, 5.74) is 1.57. The Morgan fingerprint density at radius 1 is 1.25 bits per heavy atom. The van der Waals surface area contributed by atoms with Gasteiger partial charge in [-0.1, -0.05) is 12.1 Å². The molecule has 3 heteroatoms. The van der Waals surface area contributed by atoms with Crippen molar-refractivity contribution in [3.63, 3.8) is 0 Å². The lowest BCUT2D eigenvalue weighted by atomic mass is 10.1. The number of likely N-dealkylation sites (tertiary alicyclic amines) is 1. The molecule has 20 heavy (non-hydrogen) atoms. The molecule has 2 rings (SSSR count). The fourth-order valence-electron chi connectivity index (χ4n) is 2.72. The van der Waals surface area contributed by atoms with Gasteiger partial charge in [-0.15, -0.1) is 0 Å². The average Bonchev–Trinajstić information content (AvgIpc) is 2.84. The summed E-state index contributed by atoms with van der Waals surface area (Å²) in [6, 6.07) is 9.11. The van der Waals surface area contributed by atoms with Gasteiger partial charge in [0, 0.05) is 24.7 Å². The van der Waals surface area contributed by atoms with E-state index in [4.69, 9.17) is 4.74 Å². The van der Waals surface area contributed by atoms with E-state index >= 15 is 0 Å². The zero-order chi connectivity index (χ0) is 14.6. The lowest BCUT2D eigenvalue weighted by Gasteiger charge is -2.29. The largest absolute Gasteiger partial charge is 0.497 e. The Morgan fingerprint density at radius 3 is 2.55 bits per heavy atom. The molecule has 1 atom stereocenters. The minimum atomic E-state index is 0.203. The van der Waals surface area contributed by atoms with Crippen LogP contribution >= 0.6 is 0 Å². The van der Waals surface area contributed by atoms with Gasteiger partial charge in [-0.05, 0) is 57.9 Å². The monoisotopic (exact) mass is 276 g/mol. The van der Waals surface area contributed by atoms with E-state index in [1.54, 1.807) is 7.11 Å². The number of nitrogens with zero attached hydrogens (tertiary/aromatic N) is 1. The van der Waals surface area contributed by atoms with Crippen molar-refractivity contribution in [1.82, 2.24) is 10.2 Å². The number of ether oxygens (including phenoxy) is 1. The van der Waals surface area contributed by atoms with E-state index in [1.165, 1.54) is 24.9 Å². The molecule has 1 saturated heterocycles. The lowest BCUT2D eigenvalue weighted by Crippen LogP contribution is -2.44. The lowest BCUT2D eigenvalue weighted by molar-refractivity contribution is 0.226. The molecule has 0 aliphatic carbocycles. The highest BCUT2D eigenvalue weighted by Gasteiger charge is 2.25. The van der Waals surface area contributed by atoms with Gasteiger partial charge in [0.15, 0.2) is 0 Å². The van der Waals surface area contributed by atoms with Crippen molar-refractivity contribution in [3.05, 3.63) is 29.8 Å². The number of rotatable bonds is 5. The van der Waals surface area contributed by atoms with Gasteiger partial charge >= 0.3 is 0 Å². The first-order chi connectivity index (χ1) is 9.48. The average molecular weight is 276 g/mol. The Balaban J connectivity index is 1.90. The summed E-state index contributed by atoms with van der Waals surface area (Å²) in [6.45, 7) is 10.0. The third-order valence-electron chi connectivity index (χ3n) is 3.91. The van der Waals surface area contributed by atoms with Crippen LogP contribution in [-0.2, 0) is 6.54 Å². The normalized spacial score (nSPS) is 20.3. The smallest absolute Gasteiger partial charge is 0.118 e. The summed E-state index contributed by atoms with van der Waals surface area (Å²) in [5, 5.41) is 3.64. The van der Waals surface area contributed by atoms with Crippen LogP contribution in [0.1, 0.15) is 39.2 Å². The molecule has 3 nitrogen and oxygen atoms in total. The van der Waals surface area contributed by atoms with Crippen molar-refractivity contribution in [2.24, 2.45) is 0 Å². The molecule has 0 bridgehead atoms. The van der Waals surface area contributed by atoms with Crippen molar-refractivity contribution in [2.75, 3.05) is 20.2 Å². The van der Waals surface area contributed by atoms with Crippen LogP contribution in [0.25, 0.3) is 0 Å². The molecule has 0 radical (unpaired) electrons. The number of methoxy groups -OCH3 is 1. The molecule has 1 aliphatic rings. The highest BCUT2D eigenvalue weighted by Crippen LogP contribution is 2.21. The van der Waals surface area contributed by atoms with Gasteiger partial charge in [-0.3, -0.25) is 4.90 Å². The van der Waals surface area contributed by atoms with Crippen LogP contribution in [0.4, 0.5) is 0 Å². The van der Waals surface area contributed by atoms with Crippen LogP contribution in [0.2, 0.25) is 0 Å². The van der Waals surface area contributed by atoms with E-state index < -0.39 is 0 Å². The molecule has 112 valence electrons. The quantitative estimate of drug-likeness (QED) is 0.894. The van der Waals surface area contributed by atoms with Gasteiger partial charge < -0.3 is 10.1 Å². The van der Waals surface area contributed by atoms with Gasteiger partial charge in [-0.2, -0.15) is 0 Å². The van der Waals surface area contributed by atoms with Crippen molar-refractivity contribution < 1.29 is 4.74 Å². The predicted molar refractivity (Wildman–Crippen MR) is 84.2 cm³/mol. The molecule has 1 aromatic carbocycles. The molecule has 1 aromatic rings. The molecule has 1 unspecified atom stereocenters. The standard InChI is InChI=1S/C17H28N2O/c1-17(2,3)18-12-15-6-5-11-19(15)13-14-7-9-16(20-4)10-8-14/h7-10,15,18H,5-6,11-13H2,1-4H3. The Labute approximate surface area is 123 Å². The minimum Gasteiger partial charge on any atom is -0.497 e. The molecule has 1 N–H and O–H groups in total. The van der Waals surface area contributed by atoms with E-state index in [0.29, 0.717) is 6.04 Å². The molecule has 0 amide bonds. The Kier molecular flexibility index (Phi) is 5.06.